The molecule has 1 rings (SSSR count). The minimum atomic E-state index is -2.95. The van der Waals surface area contributed by atoms with Gasteiger partial charge in [0.1, 0.15) is 6.04 Å². The van der Waals surface area contributed by atoms with Gasteiger partial charge in [-0.3, -0.25) is 5.32 Å². The second-order valence-electron chi connectivity index (χ2n) is 3.76. The molecule has 1 aromatic rings. The van der Waals surface area contributed by atoms with Crippen LogP contribution in [0.25, 0.3) is 0 Å². The molecule has 0 aromatic heterocycles. The van der Waals surface area contributed by atoms with E-state index < -0.39 is 12.7 Å². The topological polar surface area (TPSA) is 74.5 Å². The van der Waals surface area contributed by atoms with E-state index in [4.69, 9.17) is 15.1 Å². The van der Waals surface area contributed by atoms with E-state index in [1.165, 1.54) is 18.2 Å². The molecule has 0 saturated heterocycles. The van der Waals surface area contributed by atoms with Crippen LogP contribution in [0.5, 0.6) is 11.5 Å². The third-order valence-electron chi connectivity index (χ3n) is 2.41. The van der Waals surface area contributed by atoms with E-state index in [-0.39, 0.29) is 31.3 Å². The summed E-state index contributed by atoms with van der Waals surface area (Å²) in [6.45, 7) is -0.811. The number of nitrogens with one attached hydrogen (secondary N) is 1. The number of hydrogen-bond donors (Lipinski definition) is 2. The highest BCUT2D eigenvalue weighted by molar-refractivity contribution is 5.45. The van der Waals surface area contributed by atoms with Crippen molar-refractivity contribution in [2.24, 2.45) is 0 Å². The average Bonchev–Trinajstić information content (AvgIpc) is 2.42. The molecule has 0 saturated carbocycles. The highest BCUT2D eigenvalue weighted by atomic mass is 19.3. The van der Waals surface area contributed by atoms with Gasteiger partial charge in [-0.2, -0.15) is 14.0 Å². The van der Waals surface area contributed by atoms with E-state index in [1.807, 2.05) is 6.07 Å². The van der Waals surface area contributed by atoms with Gasteiger partial charge in [-0.1, -0.05) is 6.07 Å². The van der Waals surface area contributed by atoms with Gasteiger partial charge in [-0.05, 0) is 24.6 Å². The van der Waals surface area contributed by atoms with Crippen molar-refractivity contribution >= 4 is 0 Å². The van der Waals surface area contributed by atoms with Gasteiger partial charge >= 0.3 is 6.61 Å². The lowest BCUT2D eigenvalue weighted by molar-refractivity contribution is -0.0514. The molecule has 110 valence electrons. The van der Waals surface area contributed by atoms with Crippen LogP contribution in [0.4, 0.5) is 8.78 Å². The SMILES string of the molecule is CCOc1cc(C(C#N)NCCO)ccc1OC(F)F. The molecule has 0 aliphatic rings. The minimum absolute atomic E-state index is 0.0792. The summed E-state index contributed by atoms with van der Waals surface area (Å²) in [7, 11) is 0. The van der Waals surface area contributed by atoms with Crippen LogP contribution in [0.2, 0.25) is 0 Å². The molecular weight excluding hydrogens is 270 g/mol. The summed E-state index contributed by atoms with van der Waals surface area (Å²) < 4.78 is 34.1. The lowest BCUT2D eigenvalue weighted by Crippen LogP contribution is -2.23. The lowest BCUT2D eigenvalue weighted by Gasteiger charge is -2.15. The van der Waals surface area contributed by atoms with Gasteiger partial charge in [-0.25, -0.2) is 0 Å². The van der Waals surface area contributed by atoms with Gasteiger partial charge in [0, 0.05) is 6.54 Å². The van der Waals surface area contributed by atoms with Gasteiger partial charge in [-0.15, -0.1) is 0 Å². The maximum absolute atomic E-state index is 12.3. The van der Waals surface area contributed by atoms with Crippen molar-refractivity contribution < 1.29 is 23.4 Å². The van der Waals surface area contributed by atoms with Crippen LogP contribution in [0.15, 0.2) is 18.2 Å². The van der Waals surface area contributed by atoms with Gasteiger partial charge < -0.3 is 14.6 Å². The first-order valence-electron chi connectivity index (χ1n) is 6.07. The summed E-state index contributed by atoms with van der Waals surface area (Å²) in [5.74, 6) is 0.0702. The van der Waals surface area contributed by atoms with Crippen molar-refractivity contribution in [2.75, 3.05) is 19.8 Å². The van der Waals surface area contributed by atoms with Crippen molar-refractivity contribution in [1.29, 1.82) is 5.26 Å². The van der Waals surface area contributed by atoms with E-state index in [0.717, 1.165) is 0 Å². The average molecular weight is 286 g/mol. The summed E-state index contributed by atoms with van der Waals surface area (Å²) in [6, 6.07) is 5.65. The van der Waals surface area contributed by atoms with Crippen molar-refractivity contribution in [2.45, 2.75) is 19.6 Å². The van der Waals surface area contributed by atoms with Crippen molar-refractivity contribution in [1.82, 2.24) is 5.32 Å². The first-order chi connectivity index (χ1) is 9.62. The second-order valence-corrected chi connectivity index (χ2v) is 3.76. The van der Waals surface area contributed by atoms with Crippen LogP contribution in [0.3, 0.4) is 0 Å². The molecule has 5 nitrogen and oxygen atoms in total. The molecule has 0 aliphatic heterocycles. The summed E-state index contributed by atoms with van der Waals surface area (Å²) in [5, 5.41) is 20.6. The van der Waals surface area contributed by atoms with Gasteiger partial charge in [0.05, 0.1) is 19.3 Å². The van der Waals surface area contributed by atoms with Gasteiger partial charge in [0.25, 0.3) is 0 Å². The number of nitriles is 1. The predicted octanol–water partition coefficient (Wildman–Crippen LogP) is 1.83. The molecule has 20 heavy (non-hydrogen) atoms. The maximum atomic E-state index is 12.3. The van der Waals surface area contributed by atoms with Crippen LogP contribution in [-0.4, -0.2) is 31.5 Å². The molecule has 1 atom stereocenters. The molecule has 0 radical (unpaired) electrons. The Labute approximate surface area is 115 Å². The maximum Gasteiger partial charge on any atom is 0.387 e. The predicted molar refractivity (Wildman–Crippen MR) is 67.7 cm³/mol. The van der Waals surface area contributed by atoms with Crippen molar-refractivity contribution in [3.05, 3.63) is 23.8 Å². The highest BCUT2D eigenvalue weighted by Crippen LogP contribution is 2.31. The number of aliphatic hydroxyl groups is 1. The molecule has 0 heterocycles. The van der Waals surface area contributed by atoms with Crippen molar-refractivity contribution in [3.8, 4) is 17.6 Å². The summed E-state index contributed by atoms with van der Waals surface area (Å²) in [4.78, 5) is 0. The number of hydrogen-bond acceptors (Lipinski definition) is 5. The number of benzene rings is 1. The first kappa shape index (κ1) is 16.1. The molecule has 0 spiro atoms. The standard InChI is InChI=1S/C13H16F2N2O3/c1-2-19-12-7-9(10(8-16)17-5-6-18)3-4-11(12)20-13(14)15/h3-4,7,10,13,17-18H,2,5-6H2,1H3. The van der Waals surface area contributed by atoms with E-state index in [1.54, 1.807) is 6.92 Å². The Morgan fingerprint density at radius 2 is 2.15 bits per heavy atom. The van der Waals surface area contributed by atoms with Crippen LogP contribution < -0.4 is 14.8 Å². The molecule has 1 unspecified atom stereocenters. The Balaban J connectivity index is 2.98. The van der Waals surface area contributed by atoms with Crippen LogP contribution in [0, 0.1) is 11.3 Å². The second kappa shape index (κ2) is 8.30. The fourth-order valence-corrected chi connectivity index (χ4v) is 1.61. The number of halogens is 2. The fraction of sp³-hybridized carbons (Fsp3) is 0.462. The molecule has 2 N–H and O–H groups in total. The number of nitrogens with zero attached hydrogens (tertiary/aromatic N) is 1. The quantitative estimate of drug-likeness (QED) is 0.762. The third-order valence-corrected chi connectivity index (χ3v) is 2.41. The Kier molecular flexibility index (Phi) is 6.70. The first-order valence-corrected chi connectivity index (χ1v) is 6.07. The molecule has 0 fully saturated rings. The zero-order chi connectivity index (χ0) is 15.0. The normalized spacial score (nSPS) is 12.0. The zero-order valence-electron chi connectivity index (χ0n) is 11.0. The molecular formula is C13H16F2N2O3. The highest BCUT2D eigenvalue weighted by Gasteiger charge is 2.15. The number of alkyl halides is 2. The van der Waals surface area contributed by atoms with Gasteiger partial charge in [0.2, 0.25) is 0 Å². The van der Waals surface area contributed by atoms with Crippen molar-refractivity contribution in [3.63, 3.8) is 0 Å². The Morgan fingerprint density at radius 1 is 1.40 bits per heavy atom. The Hall–Kier alpha value is -1.91. The fourth-order valence-electron chi connectivity index (χ4n) is 1.61. The lowest BCUT2D eigenvalue weighted by atomic mass is 10.1. The van der Waals surface area contributed by atoms with Gasteiger partial charge in [0.15, 0.2) is 11.5 Å². The smallest absolute Gasteiger partial charge is 0.387 e. The molecule has 1 aromatic carbocycles. The Bertz CT molecular complexity index is 463. The van der Waals surface area contributed by atoms with E-state index in [2.05, 4.69) is 10.1 Å². The third kappa shape index (κ3) is 4.64. The van der Waals surface area contributed by atoms with Crippen LogP contribution in [0.1, 0.15) is 18.5 Å². The molecule has 0 bridgehead atoms. The van der Waals surface area contributed by atoms with E-state index >= 15 is 0 Å². The number of ether oxygens (including phenoxy) is 2. The molecule has 0 aliphatic carbocycles. The molecule has 7 heteroatoms. The minimum Gasteiger partial charge on any atom is -0.490 e. The zero-order valence-corrected chi connectivity index (χ0v) is 11.0. The Morgan fingerprint density at radius 3 is 2.70 bits per heavy atom. The van der Waals surface area contributed by atoms with E-state index in [0.29, 0.717) is 5.56 Å². The molecule has 0 amide bonds. The monoisotopic (exact) mass is 286 g/mol. The largest absolute Gasteiger partial charge is 0.490 e. The van der Waals surface area contributed by atoms with Crippen LogP contribution >= 0.6 is 0 Å². The number of aliphatic hydroxyl groups excluding tert-OH is 1. The summed E-state index contributed by atoms with van der Waals surface area (Å²) in [5.41, 5.74) is 0.547. The summed E-state index contributed by atoms with van der Waals surface area (Å²) in [6.07, 6.45) is 0. The number of rotatable bonds is 8. The van der Waals surface area contributed by atoms with Crippen LogP contribution in [-0.2, 0) is 0 Å². The van der Waals surface area contributed by atoms with E-state index in [9.17, 15) is 8.78 Å². The summed E-state index contributed by atoms with van der Waals surface area (Å²) >= 11 is 0.